The fourth-order valence-electron chi connectivity index (χ4n) is 1.96. The van der Waals surface area contributed by atoms with Crippen molar-refractivity contribution in [3.8, 4) is 11.5 Å². The summed E-state index contributed by atoms with van der Waals surface area (Å²) in [4.78, 5) is 12.0. The molecule has 1 N–H and O–H groups in total. The van der Waals surface area contributed by atoms with Crippen LogP contribution >= 0.6 is 0 Å². The van der Waals surface area contributed by atoms with Gasteiger partial charge in [-0.15, -0.1) is 0 Å². The van der Waals surface area contributed by atoms with Crippen molar-refractivity contribution >= 4 is 17.6 Å². The predicted molar refractivity (Wildman–Crippen MR) is 81.8 cm³/mol. The van der Waals surface area contributed by atoms with Crippen LogP contribution in [0.4, 0.5) is 0 Å². The van der Waals surface area contributed by atoms with Gasteiger partial charge in [0.15, 0.2) is 12.6 Å². The maximum Gasteiger partial charge on any atom is 0.341 e. The summed E-state index contributed by atoms with van der Waals surface area (Å²) >= 11 is 0. The van der Waals surface area contributed by atoms with E-state index in [1.807, 2.05) is 0 Å². The van der Waals surface area contributed by atoms with Crippen molar-refractivity contribution in [1.29, 1.82) is 0 Å². The summed E-state index contributed by atoms with van der Waals surface area (Å²) in [6.45, 7) is 1.31. The van der Waals surface area contributed by atoms with Crippen LogP contribution in [0.15, 0.2) is 28.8 Å². The van der Waals surface area contributed by atoms with E-state index >= 15 is 0 Å². The first-order chi connectivity index (χ1) is 11.1. The second-order valence-corrected chi connectivity index (χ2v) is 4.56. The number of aromatic nitrogens is 1. The molecule has 0 aliphatic heterocycles. The van der Waals surface area contributed by atoms with Crippen LogP contribution in [0.2, 0.25) is 0 Å². The van der Waals surface area contributed by atoms with Gasteiger partial charge < -0.3 is 23.8 Å². The lowest BCUT2D eigenvalue weighted by molar-refractivity contribution is -0.133. The molecule has 0 aliphatic rings. The van der Waals surface area contributed by atoms with Gasteiger partial charge in [0.2, 0.25) is 0 Å². The normalized spacial score (nSPS) is 11.2. The Morgan fingerprint density at radius 1 is 1.35 bits per heavy atom. The first kappa shape index (κ1) is 16.6. The van der Waals surface area contributed by atoms with E-state index in [1.165, 1.54) is 14.2 Å². The fraction of sp³-hybridized carbons (Fsp3) is 0.250. The smallest absolute Gasteiger partial charge is 0.341 e. The molecule has 7 heteroatoms. The number of hydrogen-bond acceptors (Lipinski definition) is 7. The zero-order chi connectivity index (χ0) is 16.8. The third kappa shape index (κ3) is 3.89. The van der Waals surface area contributed by atoms with Gasteiger partial charge in [-0.2, -0.15) is 0 Å². The third-order valence-corrected chi connectivity index (χ3v) is 3.03. The van der Waals surface area contributed by atoms with Crippen molar-refractivity contribution in [3.05, 3.63) is 41.3 Å². The Labute approximate surface area is 133 Å². The van der Waals surface area contributed by atoms with Crippen LogP contribution in [0.1, 0.15) is 17.0 Å². The summed E-state index contributed by atoms with van der Waals surface area (Å²) in [6, 6.07) is 6.57. The molecule has 0 radical (unpaired) electrons. The Morgan fingerprint density at radius 2 is 2.13 bits per heavy atom. The van der Waals surface area contributed by atoms with Crippen molar-refractivity contribution in [2.24, 2.45) is 0 Å². The lowest BCUT2D eigenvalue weighted by Crippen LogP contribution is -2.03. The molecule has 0 aliphatic carbocycles. The van der Waals surface area contributed by atoms with Crippen LogP contribution < -0.4 is 9.47 Å². The quantitative estimate of drug-likeness (QED) is 0.495. The Balaban J connectivity index is 2.48. The Kier molecular flexibility index (Phi) is 5.37. The highest BCUT2D eigenvalue weighted by atomic mass is 16.6. The van der Waals surface area contributed by atoms with Gasteiger partial charge in [-0.3, -0.25) is 0 Å². The van der Waals surface area contributed by atoms with E-state index in [1.54, 1.807) is 37.3 Å². The van der Waals surface area contributed by atoms with Gasteiger partial charge in [0.1, 0.15) is 17.1 Å². The van der Waals surface area contributed by atoms with E-state index in [2.05, 4.69) is 5.16 Å². The number of methoxy groups -OCH3 is 2. The van der Waals surface area contributed by atoms with E-state index in [0.717, 1.165) is 0 Å². The highest BCUT2D eigenvalue weighted by molar-refractivity contribution is 6.20. The highest BCUT2D eigenvalue weighted by Gasteiger charge is 2.18. The average molecular weight is 319 g/mol. The number of hydrogen-bond donors (Lipinski definition) is 1. The molecule has 0 spiro atoms. The lowest BCUT2D eigenvalue weighted by Gasteiger charge is -2.09. The summed E-state index contributed by atoms with van der Waals surface area (Å²) in [5.74, 6) is 0.649. The van der Waals surface area contributed by atoms with Crippen LogP contribution in [-0.2, 0) is 9.53 Å². The predicted octanol–water partition coefficient (Wildman–Crippen LogP) is 2.03. The van der Waals surface area contributed by atoms with Gasteiger partial charge in [0.05, 0.1) is 19.9 Å². The number of esters is 1. The van der Waals surface area contributed by atoms with Gasteiger partial charge in [-0.05, 0) is 25.1 Å². The van der Waals surface area contributed by atoms with Crippen molar-refractivity contribution in [2.45, 2.75) is 6.92 Å². The highest BCUT2D eigenvalue weighted by Crippen LogP contribution is 2.29. The molecular formula is C16H17NO6. The minimum Gasteiger partial charge on any atom is -0.496 e. The molecule has 0 saturated carbocycles. The number of aliphatic hydroxyl groups is 1. The molecule has 0 bridgehead atoms. The molecule has 0 fully saturated rings. The van der Waals surface area contributed by atoms with Crippen LogP contribution in [0.5, 0.6) is 11.5 Å². The number of nitrogens with zero attached hydrogens (tertiary/aromatic N) is 1. The molecule has 0 atom stereocenters. The van der Waals surface area contributed by atoms with Gasteiger partial charge in [0.25, 0.3) is 0 Å². The van der Waals surface area contributed by atoms with Crippen molar-refractivity contribution in [2.75, 3.05) is 21.0 Å². The second kappa shape index (κ2) is 7.46. The summed E-state index contributed by atoms with van der Waals surface area (Å²) in [5, 5.41) is 12.6. The molecule has 1 aromatic carbocycles. The summed E-state index contributed by atoms with van der Waals surface area (Å²) in [7, 11) is 2.78. The minimum atomic E-state index is -0.557. The number of aliphatic hydroxyl groups excluding tert-OH is 1. The Morgan fingerprint density at radius 3 is 2.70 bits per heavy atom. The summed E-state index contributed by atoms with van der Waals surface area (Å²) < 4.78 is 20.2. The summed E-state index contributed by atoms with van der Waals surface area (Å²) in [5.41, 5.74) is 1.47. The largest absolute Gasteiger partial charge is 0.496 e. The Hall–Kier alpha value is -2.80. The zero-order valence-electron chi connectivity index (χ0n) is 13.0. The number of aryl methyl sites for hydroxylation is 1. The van der Waals surface area contributed by atoms with Gasteiger partial charge in [-0.1, -0.05) is 5.16 Å². The number of carbonyl (C=O) groups excluding carboxylic acids is 1. The summed E-state index contributed by atoms with van der Waals surface area (Å²) in [6.07, 6.45) is 1.58. The maximum absolute atomic E-state index is 12.0. The van der Waals surface area contributed by atoms with Crippen molar-refractivity contribution in [3.63, 3.8) is 0 Å². The molecule has 2 aromatic rings. The Bertz CT molecular complexity index is 719. The lowest BCUT2D eigenvalue weighted by atomic mass is 10.1. The monoisotopic (exact) mass is 319 g/mol. The minimum absolute atomic E-state index is 0.210. The van der Waals surface area contributed by atoms with E-state index in [9.17, 15) is 4.79 Å². The van der Waals surface area contributed by atoms with Gasteiger partial charge >= 0.3 is 5.97 Å². The van der Waals surface area contributed by atoms with E-state index < -0.39 is 12.8 Å². The first-order valence-electron chi connectivity index (χ1n) is 6.74. The van der Waals surface area contributed by atoms with E-state index in [0.29, 0.717) is 28.5 Å². The average Bonchev–Trinajstić information content (AvgIpc) is 2.99. The maximum atomic E-state index is 12.0. The molecule has 1 heterocycles. The van der Waals surface area contributed by atoms with Gasteiger partial charge in [-0.25, -0.2) is 4.79 Å². The van der Waals surface area contributed by atoms with Crippen LogP contribution in [0, 0.1) is 6.92 Å². The van der Waals surface area contributed by atoms with E-state index in [-0.39, 0.29) is 5.57 Å². The molecule has 1 aromatic heterocycles. The fourth-order valence-corrected chi connectivity index (χ4v) is 1.96. The number of ether oxygens (including phenoxy) is 3. The first-order valence-corrected chi connectivity index (χ1v) is 6.74. The standard InChI is InChI=1S/C16H17NO6/c1-10-6-15(23-17-10)13(16(19)21-3)7-11-4-5-12(22-9-18)8-14(11)20-2/h4-8,18H,9H2,1-3H3/b13-7-. The second-order valence-electron chi connectivity index (χ2n) is 4.56. The number of benzene rings is 1. The molecule has 2 rings (SSSR count). The molecule has 0 saturated heterocycles. The molecule has 7 nitrogen and oxygen atoms in total. The zero-order valence-corrected chi connectivity index (χ0v) is 13.0. The molecular weight excluding hydrogens is 302 g/mol. The van der Waals surface area contributed by atoms with Crippen molar-refractivity contribution in [1.82, 2.24) is 5.16 Å². The van der Waals surface area contributed by atoms with E-state index in [4.69, 9.17) is 23.8 Å². The molecule has 0 amide bonds. The van der Waals surface area contributed by atoms with Crippen LogP contribution in [0.3, 0.4) is 0 Å². The third-order valence-electron chi connectivity index (χ3n) is 3.03. The molecule has 23 heavy (non-hydrogen) atoms. The number of carbonyl (C=O) groups is 1. The van der Waals surface area contributed by atoms with Crippen LogP contribution in [-0.4, -0.2) is 37.2 Å². The van der Waals surface area contributed by atoms with Gasteiger partial charge in [0, 0.05) is 17.7 Å². The topological polar surface area (TPSA) is 91.0 Å². The molecule has 122 valence electrons. The SMILES string of the molecule is COC(=O)/C(=C\c1ccc(OCO)cc1OC)c1cc(C)no1. The number of rotatable bonds is 6. The van der Waals surface area contributed by atoms with Crippen molar-refractivity contribution < 1.29 is 28.6 Å². The molecule has 0 unspecified atom stereocenters. The van der Waals surface area contributed by atoms with Crippen LogP contribution in [0.25, 0.3) is 11.6 Å².